The number of nitrogens with one attached hydrogen (secondary N) is 1. The fraction of sp³-hybridized carbons (Fsp3) is 0.333. The van der Waals surface area contributed by atoms with Crippen LogP contribution in [-0.4, -0.2) is 21.7 Å². The Bertz CT molecular complexity index is 935. The molecule has 0 radical (unpaired) electrons. The molecule has 0 spiro atoms. The standard InChI is InChI=1S/C18H21N3O2/c1-10(2)15-11(3)19-17-16(12(4)20-21(17)18(15)22)13-8-6-7-9-14(13)23-5/h6-10,20H,1-5H3. The van der Waals surface area contributed by atoms with Gasteiger partial charge in [-0.25, -0.2) is 9.50 Å². The Balaban J connectivity index is 2.40. The summed E-state index contributed by atoms with van der Waals surface area (Å²) in [6.45, 7) is 7.86. The highest BCUT2D eigenvalue weighted by Gasteiger charge is 2.20. The number of fused-ring (bicyclic) bond motifs is 1. The average molecular weight is 311 g/mol. The van der Waals surface area contributed by atoms with E-state index >= 15 is 0 Å². The lowest BCUT2D eigenvalue weighted by Crippen LogP contribution is -2.22. The van der Waals surface area contributed by atoms with E-state index in [-0.39, 0.29) is 11.5 Å². The molecule has 0 saturated heterocycles. The van der Waals surface area contributed by atoms with Crippen molar-refractivity contribution >= 4 is 5.65 Å². The summed E-state index contributed by atoms with van der Waals surface area (Å²) in [5, 5.41) is 3.15. The summed E-state index contributed by atoms with van der Waals surface area (Å²) >= 11 is 0. The zero-order chi connectivity index (χ0) is 16.7. The van der Waals surface area contributed by atoms with Gasteiger partial charge in [-0.1, -0.05) is 32.0 Å². The number of para-hydroxylation sites is 1. The van der Waals surface area contributed by atoms with Gasteiger partial charge in [0.25, 0.3) is 5.56 Å². The van der Waals surface area contributed by atoms with E-state index in [9.17, 15) is 4.79 Å². The first kappa shape index (κ1) is 15.3. The van der Waals surface area contributed by atoms with Crippen molar-refractivity contribution in [2.75, 3.05) is 7.11 Å². The Hall–Kier alpha value is -2.56. The zero-order valence-electron chi connectivity index (χ0n) is 14.1. The van der Waals surface area contributed by atoms with Gasteiger partial charge in [0.2, 0.25) is 0 Å². The second-order valence-corrected chi connectivity index (χ2v) is 6.04. The van der Waals surface area contributed by atoms with Crippen molar-refractivity contribution in [1.82, 2.24) is 14.6 Å². The monoisotopic (exact) mass is 311 g/mol. The van der Waals surface area contributed by atoms with E-state index in [1.807, 2.05) is 52.0 Å². The number of benzene rings is 1. The summed E-state index contributed by atoms with van der Waals surface area (Å²) in [6.07, 6.45) is 0. The third-order valence-electron chi connectivity index (χ3n) is 4.14. The summed E-state index contributed by atoms with van der Waals surface area (Å²) in [4.78, 5) is 17.5. The van der Waals surface area contributed by atoms with Crippen LogP contribution in [0, 0.1) is 13.8 Å². The molecule has 1 N–H and O–H groups in total. The topological polar surface area (TPSA) is 59.4 Å². The molecule has 0 aliphatic heterocycles. The van der Waals surface area contributed by atoms with Crippen molar-refractivity contribution in [3.8, 4) is 16.9 Å². The first-order valence-electron chi connectivity index (χ1n) is 7.71. The number of methoxy groups -OCH3 is 1. The van der Waals surface area contributed by atoms with E-state index in [1.165, 1.54) is 0 Å². The molecule has 2 heterocycles. The van der Waals surface area contributed by atoms with E-state index in [4.69, 9.17) is 9.72 Å². The van der Waals surface area contributed by atoms with Crippen molar-refractivity contribution < 1.29 is 4.74 Å². The van der Waals surface area contributed by atoms with Crippen molar-refractivity contribution in [3.05, 3.63) is 51.6 Å². The molecule has 23 heavy (non-hydrogen) atoms. The highest BCUT2D eigenvalue weighted by Crippen LogP contribution is 2.34. The van der Waals surface area contributed by atoms with Gasteiger partial charge in [0.1, 0.15) is 5.75 Å². The minimum Gasteiger partial charge on any atom is -0.496 e. The van der Waals surface area contributed by atoms with Crippen LogP contribution in [0.4, 0.5) is 0 Å². The van der Waals surface area contributed by atoms with Crippen LogP contribution in [0.1, 0.15) is 36.7 Å². The summed E-state index contributed by atoms with van der Waals surface area (Å²) in [5.74, 6) is 0.891. The molecule has 3 aromatic rings. The summed E-state index contributed by atoms with van der Waals surface area (Å²) in [6, 6.07) is 7.76. The lowest BCUT2D eigenvalue weighted by Gasteiger charge is -2.10. The van der Waals surface area contributed by atoms with Crippen LogP contribution in [0.15, 0.2) is 29.1 Å². The molecule has 5 heteroatoms. The quantitative estimate of drug-likeness (QED) is 0.806. The van der Waals surface area contributed by atoms with Crippen molar-refractivity contribution in [2.24, 2.45) is 0 Å². The Morgan fingerprint density at radius 2 is 1.91 bits per heavy atom. The van der Waals surface area contributed by atoms with Crippen molar-refractivity contribution in [2.45, 2.75) is 33.6 Å². The number of hydrogen-bond donors (Lipinski definition) is 1. The van der Waals surface area contributed by atoms with Gasteiger partial charge in [-0.15, -0.1) is 0 Å². The third-order valence-corrected chi connectivity index (χ3v) is 4.14. The molecular weight excluding hydrogens is 290 g/mol. The number of aromatic amines is 1. The molecule has 1 aromatic carbocycles. The minimum atomic E-state index is -0.0354. The summed E-state index contributed by atoms with van der Waals surface area (Å²) in [5.41, 5.74) is 4.84. The number of hydrogen-bond acceptors (Lipinski definition) is 3. The van der Waals surface area contributed by atoms with Crippen LogP contribution in [0.25, 0.3) is 16.8 Å². The smallest absolute Gasteiger partial charge is 0.276 e. The van der Waals surface area contributed by atoms with Crippen LogP contribution in [0.2, 0.25) is 0 Å². The molecule has 0 unspecified atom stereocenters. The van der Waals surface area contributed by atoms with E-state index in [0.717, 1.165) is 33.8 Å². The molecule has 0 atom stereocenters. The Labute approximate surface area is 134 Å². The molecule has 0 aliphatic rings. The minimum absolute atomic E-state index is 0.0354. The summed E-state index contributed by atoms with van der Waals surface area (Å²) in [7, 11) is 1.64. The highest BCUT2D eigenvalue weighted by atomic mass is 16.5. The molecule has 120 valence electrons. The van der Waals surface area contributed by atoms with Crippen molar-refractivity contribution in [3.63, 3.8) is 0 Å². The Morgan fingerprint density at radius 1 is 1.22 bits per heavy atom. The second kappa shape index (κ2) is 5.57. The lowest BCUT2D eigenvalue weighted by atomic mass is 10.0. The number of ether oxygens (including phenoxy) is 1. The molecular formula is C18H21N3O2. The third kappa shape index (κ3) is 2.32. The van der Waals surface area contributed by atoms with Crippen molar-refractivity contribution in [1.29, 1.82) is 0 Å². The molecule has 0 saturated carbocycles. The molecule has 5 nitrogen and oxygen atoms in total. The lowest BCUT2D eigenvalue weighted by molar-refractivity contribution is 0.416. The number of H-pyrrole nitrogens is 1. The number of nitrogens with zero attached hydrogens (tertiary/aromatic N) is 2. The van der Waals surface area contributed by atoms with E-state index in [2.05, 4.69) is 5.10 Å². The number of rotatable bonds is 3. The van der Waals surface area contributed by atoms with Gasteiger partial charge in [-0.05, 0) is 25.8 Å². The summed E-state index contributed by atoms with van der Waals surface area (Å²) < 4.78 is 7.01. The fourth-order valence-electron chi connectivity index (χ4n) is 3.14. The number of aryl methyl sites for hydroxylation is 2. The molecule has 2 aromatic heterocycles. The van der Waals surface area contributed by atoms with Gasteiger partial charge in [0.15, 0.2) is 5.65 Å². The second-order valence-electron chi connectivity index (χ2n) is 6.04. The number of aromatic nitrogens is 3. The first-order chi connectivity index (χ1) is 11.0. The van der Waals surface area contributed by atoms with E-state index in [0.29, 0.717) is 5.65 Å². The molecule has 0 aliphatic carbocycles. The van der Waals surface area contributed by atoms with E-state index < -0.39 is 0 Å². The van der Waals surface area contributed by atoms with Crippen LogP contribution < -0.4 is 10.3 Å². The van der Waals surface area contributed by atoms with Gasteiger partial charge < -0.3 is 4.74 Å². The fourth-order valence-corrected chi connectivity index (χ4v) is 3.14. The van der Waals surface area contributed by atoms with Gasteiger partial charge in [0.05, 0.1) is 12.7 Å². The van der Waals surface area contributed by atoms with Gasteiger partial charge in [0, 0.05) is 22.5 Å². The molecule has 0 fully saturated rings. The maximum atomic E-state index is 12.8. The Morgan fingerprint density at radius 3 is 2.57 bits per heavy atom. The SMILES string of the molecule is COc1ccccc1-c1c(C)[nH]n2c(=O)c(C(C)C)c(C)nc12. The maximum Gasteiger partial charge on any atom is 0.276 e. The maximum absolute atomic E-state index is 12.8. The molecule has 3 rings (SSSR count). The van der Waals surface area contributed by atoms with Gasteiger partial charge >= 0.3 is 0 Å². The van der Waals surface area contributed by atoms with Crippen LogP contribution in [0.3, 0.4) is 0 Å². The zero-order valence-corrected chi connectivity index (χ0v) is 14.1. The molecule has 0 amide bonds. The predicted molar refractivity (Wildman–Crippen MR) is 91.4 cm³/mol. The predicted octanol–water partition coefficient (Wildman–Crippen LogP) is 3.44. The van der Waals surface area contributed by atoms with Gasteiger partial charge in [-0.2, -0.15) is 0 Å². The Kier molecular flexibility index (Phi) is 3.72. The molecule has 0 bridgehead atoms. The van der Waals surface area contributed by atoms with E-state index in [1.54, 1.807) is 11.6 Å². The van der Waals surface area contributed by atoms with Gasteiger partial charge in [-0.3, -0.25) is 9.89 Å². The average Bonchev–Trinajstić information content (AvgIpc) is 2.83. The normalized spacial score (nSPS) is 11.4. The first-order valence-corrected chi connectivity index (χ1v) is 7.71. The van der Waals surface area contributed by atoms with Crippen LogP contribution >= 0.6 is 0 Å². The largest absolute Gasteiger partial charge is 0.496 e. The highest BCUT2D eigenvalue weighted by molar-refractivity contribution is 5.83. The van der Waals surface area contributed by atoms with Crippen LogP contribution in [0.5, 0.6) is 5.75 Å². The van der Waals surface area contributed by atoms with Crippen LogP contribution in [-0.2, 0) is 0 Å².